The van der Waals surface area contributed by atoms with Crippen molar-refractivity contribution in [3.05, 3.63) is 212 Å². The highest BCUT2D eigenvalue weighted by Crippen LogP contribution is 2.48. The van der Waals surface area contributed by atoms with Crippen molar-refractivity contribution in [2.45, 2.75) is 0 Å². The highest BCUT2D eigenvalue weighted by atomic mass is 32.1. The van der Waals surface area contributed by atoms with Crippen LogP contribution >= 0.6 is 11.3 Å². The van der Waals surface area contributed by atoms with Gasteiger partial charge in [0.05, 0.1) is 5.69 Å². The number of fused-ring (bicyclic) bond motifs is 6. The number of thiophene rings is 1. The van der Waals surface area contributed by atoms with Crippen LogP contribution in [0.2, 0.25) is 0 Å². The molecule has 0 bridgehead atoms. The van der Waals surface area contributed by atoms with E-state index in [1.165, 1.54) is 42.4 Å². The summed E-state index contributed by atoms with van der Waals surface area (Å²) in [5.74, 6) is 0. The molecule has 2 aromatic heterocycles. The molecule has 3 heteroatoms. The van der Waals surface area contributed by atoms with Gasteiger partial charge in [0.15, 0.2) is 0 Å². The summed E-state index contributed by atoms with van der Waals surface area (Å²) in [6.07, 6.45) is 0. The summed E-state index contributed by atoms with van der Waals surface area (Å²) in [7, 11) is 0. The Kier molecular flexibility index (Phi) is 8.04. The highest BCUT2D eigenvalue weighted by Gasteiger charge is 2.22. The van der Waals surface area contributed by atoms with Gasteiger partial charge in [0.1, 0.15) is 11.2 Å². The van der Waals surface area contributed by atoms with Gasteiger partial charge in [-0.3, -0.25) is 0 Å². The van der Waals surface area contributed by atoms with E-state index >= 15 is 0 Å². The van der Waals surface area contributed by atoms with Gasteiger partial charge in [0.2, 0.25) is 0 Å². The second kappa shape index (κ2) is 13.8. The molecule has 57 heavy (non-hydrogen) atoms. The number of rotatable bonds is 7. The Labute approximate surface area is 335 Å². The lowest BCUT2D eigenvalue weighted by Gasteiger charge is -2.28. The zero-order chi connectivity index (χ0) is 37.7. The van der Waals surface area contributed by atoms with E-state index in [0.717, 1.165) is 61.3 Å². The molecule has 0 radical (unpaired) electrons. The fourth-order valence-corrected chi connectivity index (χ4v) is 9.61. The van der Waals surface area contributed by atoms with Crippen LogP contribution in [0.15, 0.2) is 217 Å². The topological polar surface area (TPSA) is 16.4 Å². The SMILES string of the molecule is c1ccc(-c2ccccc2-c2ccc(N(c3ccc(-c4ccccc4)c(-c4cccc5c4oc4ccccc45)c3)c3cccc4sc5ccccc5c34)cc2)cc1. The van der Waals surface area contributed by atoms with Crippen LogP contribution in [0.4, 0.5) is 17.1 Å². The Morgan fingerprint density at radius 1 is 0.351 bits per heavy atom. The van der Waals surface area contributed by atoms with Crippen molar-refractivity contribution in [3.8, 4) is 44.5 Å². The van der Waals surface area contributed by atoms with Crippen LogP contribution in [0, 0.1) is 0 Å². The molecule has 0 saturated heterocycles. The van der Waals surface area contributed by atoms with Crippen LogP contribution in [0.3, 0.4) is 0 Å². The van der Waals surface area contributed by atoms with E-state index in [-0.39, 0.29) is 0 Å². The zero-order valence-electron chi connectivity index (χ0n) is 31.0. The summed E-state index contributed by atoms with van der Waals surface area (Å²) in [5, 5.41) is 4.76. The smallest absolute Gasteiger partial charge is 0.143 e. The Bertz CT molecular complexity index is 3230. The van der Waals surface area contributed by atoms with Gasteiger partial charge in [0, 0.05) is 47.9 Å². The fraction of sp³-hybridized carbons (Fsp3) is 0. The van der Waals surface area contributed by atoms with E-state index in [0.29, 0.717) is 0 Å². The zero-order valence-corrected chi connectivity index (χ0v) is 31.8. The first-order valence-electron chi connectivity index (χ1n) is 19.3. The van der Waals surface area contributed by atoms with Gasteiger partial charge in [0.25, 0.3) is 0 Å². The molecular formula is C54H35NOS. The number of para-hydroxylation sites is 2. The molecule has 11 aromatic rings. The lowest BCUT2D eigenvalue weighted by Crippen LogP contribution is -2.10. The second-order valence-corrected chi connectivity index (χ2v) is 15.5. The van der Waals surface area contributed by atoms with Gasteiger partial charge in [-0.15, -0.1) is 11.3 Å². The second-order valence-electron chi connectivity index (χ2n) is 14.4. The van der Waals surface area contributed by atoms with Crippen LogP contribution in [0.25, 0.3) is 86.6 Å². The van der Waals surface area contributed by atoms with Crippen molar-refractivity contribution >= 4 is 70.5 Å². The first-order chi connectivity index (χ1) is 28.3. The van der Waals surface area contributed by atoms with Crippen molar-refractivity contribution in [1.29, 1.82) is 0 Å². The van der Waals surface area contributed by atoms with Crippen molar-refractivity contribution in [3.63, 3.8) is 0 Å². The third-order valence-corrected chi connectivity index (χ3v) is 12.2. The van der Waals surface area contributed by atoms with Gasteiger partial charge in [-0.05, 0) is 87.5 Å². The number of benzene rings is 9. The number of anilines is 3. The lowest BCUT2D eigenvalue weighted by molar-refractivity contribution is 0.670. The monoisotopic (exact) mass is 745 g/mol. The minimum Gasteiger partial charge on any atom is -0.455 e. The van der Waals surface area contributed by atoms with Crippen LogP contribution in [-0.4, -0.2) is 0 Å². The number of nitrogens with zero attached hydrogens (tertiary/aromatic N) is 1. The normalized spacial score (nSPS) is 11.5. The maximum absolute atomic E-state index is 6.68. The summed E-state index contributed by atoms with van der Waals surface area (Å²) in [6, 6.07) is 76.4. The molecule has 0 saturated carbocycles. The van der Waals surface area contributed by atoms with Crippen LogP contribution in [0.5, 0.6) is 0 Å². The maximum atomic E-state index is 6.68. The third kappa shape index (κ3) is 5.71. The molecule has 0 atom stereocenters. The fourth-order valence-electron chi connectivity index (χ4n) is 8.49. The van der Waals surface area contributed by atoms with Gasteiger partial charge in [-0.1, -0.05) is 164 Å². The average Bonchev–Trinajstić information content (AvgIpc) is 3.87. The summed E-state index contributed by atoms with van der Waals surface area (Å²) in [6.45, 7) is 0. The van der Waals surface area contributed by atoms with Crippen LogP contribution < -0.4 is 4.90 Å². The Morgan fingerprint density at radius 2 is 0.895 bits per heavy atom. The standard InChI is InChI=1S/C54H35NOS/c1-3-15-36(16-4-1)41-19-7-8-20-42(41)38-29-31-39(32-30-38)55(49-25-14-28-52-53(49)47-22-10-12-27-51(47)57-52)40-33-34-43(37-17-5-2-6-18-37)48(35-40)46-24-13-23-45-44-21-9-11-26-50(44)56-54(45)46/h1-35H. The van der Waals surface area contributed by atoms with E-state index in [9.17, 15) is 0 Å². The Hall–Kier alpha value is -7.20. The summed E-state index contributed by atoms with van der Waals surface area (Å²) in [5.41, 5.74) is 14.4. The van der Waals surface area contributed by atoms with E-state index in [2.05, 4.69) is 211 Å². The Balaban J connectivity index is 1.15. The minimum atomic E-state index is 0.893. The molecule has 0 spiro atoms. The van der Waals surface area contributed by atoms with Gasteiger partial charge in [-0.2, -0.15) is 0 Å². The minimum absolute atomic E-state index is 0.893. The molecule has 2 heterocycles. The van der Waals surface area contributed by atoms with Gasteiger partial charge < -0.3 is 9.32 Å². The summed E-state index contributed by atoms with van der Waals surface area (Å²) >= 11 is 1.85. The maximum Gasteiger partial charge on any atom is 0.143 e. The number of hydrogen-bond donors (Lipinski definition) is 0. The molecule has 2 nitrogen and oxygen atoms in total. The molecule has 0 fully saturated rings. The lowest BCUT2D eigenvalue weighted by atomic mass is 9.92. The van der Waals surface area contributed by atoms with Crippen molar-refractivity contribution < 1.29 is 4.42 Å². The predicted octanol–water partition coefficient (Wildman–Crippen LogP) is 16.1. The molecule has 268 valence electrons. The van der Waals surface area contributed by atoms with Crippen molar-refractivity contribution in [2.24, 2.45) is 0 Å². The first kappa shape index (κ1) is 33.2. The number of hydrogen-bond acceptors (Lipinski definition) is 3. The van der Waals surface area contributed by atoms with Crippen LogP contribution in [0.1, 0.15) is 0 Å². The Morgan fingerprint density at radius 3 is 1.65 bits per heavy atom. The molecule has 0 aliphatic carbocycles. The van der Waals surface area contributed by atoms with E-state index in [1.807, 2.05) is 17.4 Å². The molecule has 11 rings (SSSR count). The number of furan rings is 1. The largest absolute Gasteiger partial charge is 0.455 e. The molecule has 9 aromatic carbocycles. The molecule has 0 aliphatic rings. The van der Waals surface area contributed by atoms with Crippen molar-refractivity contribution in [2.75, 3.05) is 4.90 Å². The molecule has 0 unspecified atom stereocenters. The van der Waals surface area contributed by atoms with Gasteiger partial charge >= 0.3 is 0 Å². The van der Waals surface area contributed by atoms with E-state index < -0.39 is 0 Å². The predicted molar refractivity (Wildman–Crippen MR) is 243 cm³/mol. The quantitative estimate of drug-likeness (QED) is 0.162. The first-order valence-corrected chi connectivity index (χ1v) is 20.2. The molecular weight excluding hydrogens is 711 g/mol. The van der Waals surface area contributed by atoms with Gasteiger partial charge in [-0.25, -0.2) is 0 Å². The average molecular weight is 746 g/mol. The van der Waals surface area contributed by atoms with Crippen molar-refractivity contribution in [1.82, 2.24) is 0 Å². The van der Waals surface area contributed by atoms with E-state index in [4.69, 9.17) is 4.42 Å². The van der Waals surface area contributed by atoms with Crippen LogP contribution in [-0.2, 0) is 0 Å². The summed E-state index contributed by atoms with van der Waals surface area (Å²) < 4.78 is 9.22. The molecule has 0 amide bonds. The highest BCUT2D eigenvalue weighted by molar-refractivity contribution is 7.26. The third-order valence-electron chi connectivity index (χ3n) is 11.1. The molecule has 0 aliphatic heterocycles. The van der Waals surface area contributed by atoms with E-state index in [1.54, 1.807) is 0 Å². The molecule has 0 N–H and O–H groups in total. The summed E-state index contributed by atoms with van der Waals surface area (Å²) in [4.78, 5) is 2.44.